The molecule has 0 radical (unpaired) electrons. The van der Waals surface area contributed by atoms with Gasteiger partial charge in [0.25, 0.3) is 0 Å². The molecule has 0 unspecified atom stereocenters. The van der Waals surface area contributed by atoms with Crippen LogP contribution in [0.25, 0.3) is 5.57 Å². The quantitative estimate of drug-likeness (QED) is 0.243. The fraction of sp³-hybridized carbons (Fsp3) is 0.682. The van der Waals surface area contributed by atoms with Gasteiger partial charge in [-0.1, -0.05) is 53.7 Å². The number of halogens is 1. The molecular formula is C22H38BrNOSi. The van der Waals surface area contributed by atoms with Crippen LogP contribution >= 0.6 is 15.9 Å². The van der Waals surface area contributed by atoms with Gasteiger partial charge >= 0.3 is 0 Å². The van der Waals surface area contributed by atoms with Gasteiger partial charge in [-0.25, -0.2) is 4.98 Å². The molecule has 0 aromatic carbocycles. The molecule has 0 atom stereocenters. The number of allylic oxidation sites excluding steroid dienone is 2. The second-order valence-corrected chi connectivity index (χ2v) is 12.7. The molecular weight excluding hydrogens is 402 g/mol. The maximum Gasteiger partial charge on any atom is 0.192 e. The van der Waals surface area contributed by atoms with Gasteiger partial charge in [-0.05, 0) is 83.9 Å². The van der Waals surface area contributed by atoms with Crippen molar-refractivity contribution in [3.8, 4) is 0 Å². The summed E-state index contributed by atoms with van der Waals surface area (Å²) in [6.07, 6.45) is 7.75. The van der Waals surface area contributed by atoms with Crippen molar-refractivity contribution < 1.29 is 4.43 Å². The first-order valence-electron chi connectivity index (χ1n) is 10.5. The van der Waals surface area contributed by atoms with Crippen molar-refractivity contribution in [3.05, 3.63) is 34.6 Å². The summed E-state index contributed by atoms with van der Waals surface area (Å²) in [5, 5.41) is 0. The number of hydrogen-bond donors (Lipinski definition) is 0. The van der Waals surface area contributed by atoms with Crippen molar-refractivity contribution in [3.63, 3.8) is 0 Å². The van der Waals surface area contributed by atoms with E-state index in [4.69, 9.17) is 4.43 Å². The van der Waals surface area contributed by atoms with Crippen molar-refractivity contribution in [2.45, 2.75) is 97.4 Å². The van der Waals surface area contributed by atoms with E-state index in [1.54, 1.807) is 0 Å². The van der Waals surface area contributed by atoms with Gasteiger partial charge in [-0.2, -0.15) is 0 Å². The maximum atomic E-state index is 7.00. The van der Waals surface area contributed by atoms with Crippen LogP contribution in [0.2, 0.25) is 18.1 Å². The normalized spacial score (nSPS) is 13.3. The molecule has 0 fully saturated rings. The lowest BCUT2D eigenvalue weighted by atomic mass is 9.91. The summed E-state index contributed by atoms with van der Waals surface area (Å²) in [5.41, 5.74) is 2.45. The van der Waals surface area contributed by atoms with Gasteiger partial charge in [-0.3, -0.25) is 0 Å². The summed E-state index contributed by atoms with van der Waals surface area (Å²) in [5.74, 6) is 0. The Morgan fingerprint density at radius 3 is 2.15 bits per heavy atom. The van der Waals surface area contributed by atoms with Crippen molar-refractivity contribution in [1.29, 1.82) is 0 Å². The standard InChI is InChI=1S/C22H38BrNOSi/c1-7-19(20-16-13-17-21(23)24-20)15-14-18-22(8-2,9-3)25-26(10-4,11-5)12-6/h13,15-17H,7-12,14,18H2,1-6H3/b19-15+. The number of pyridine rings is 1. The van der Waals surface area contributed by atoms with E-state index >= 15 is 0 Å². The molecule has 4 heteroatoms. The molecule has 1 aromatic heterocycles. The van der Waals surface area contributed by atoms with E-state index < -0.39 is 8.32 Å². The van der Waals surface area contributed by atoms with E-state index in [1.165, 1.54) is 23.7 Å². The van der Waals surface area contributed by atoms with Crippen LogP contribution in [0.5, 0.6) is 0 Å². The monoisotopic (exact) mass is 439 g/mol. The smallest absolute Gasteiger partial charge is 0.192 e. The molecule has 26 heavy (non-hydrogen) atoms. The predicted octanol–water partition coefficient (Wildman–Crippen LogP) is 8.00. The Bertz CT molecular complexity index is 557. The molecule has 0 amide bonds. The number of aromatic nitrogens is 1. The third kappa shape index (κ3) is 6.31. The number of nitrogens with zero attached hydrogens (tertiary/aromatic N) is 1. The topological polar surface area (TPSA) is 22.1 Å². The number of hydrogen-bond acceptors (Lipinski definition) is 2. The summed E-state index contributed by atoms with van der Waals surface area (Å²) in [4.78, 5) is 4.62. The first-order valence-corrected chi connectivity index (χ1v) is 13.8. The van der Waals surface area contributed by atoms with Crippen molar-refractivity contribution >= 4 is 29.8 Å². The molecule has 1 rings (SSSR count). The van der Waals surface area contributed by atoms with E-state index in [1.807, 2.05) is 6.07 Å². The van der Waals surface area contributed by atoms with Crippen LogP contribution in [0.4, 0.5) is 0 Å². The molecule has 0 saturated carbocycles. The summed E-state index contributed by atoms with van der Waals surface area (Å²) in [6.45, 7) is 13.8. The molecule has 2 nitrogen and oxygen atoms in total. The van der Waals surface area contributed by atoms with Crippen molar-refractivity contribution in [1.82, 2.24) is 4.98 Å². The lowest BCUT2D eigenvalue weighted by Crippen LogP contribution is -2.46. The van der Waals surface area contributed by atoms with Gasteiger partial charge in [0.1, 0.15) is 4.60 Å². The SMILES string of the molecule is CC/C(=C\CCC(CC)(CC)O[Si](CC)(CC)CC)c1cccc(Br)n1. The second kappa shape index (κ2) is 11.4. The molecule has 0 bridgehead atoms. The lowest BCUT2D eigenvalue weighted by molar-refractivity contribution is 0.0397. The summed E-state index contributed by atoms with van der Waals surface area (Å²) >= 11 is 3.48. The van der Waals surface area contributed by atoms with Crippen molar-refractivity contribution in [2.24, 2.45) is 0 Å². The molecule has 148 valence electrons. The average molecular weight is 441 g/mol. The first-order chi connectivity index (χ1) is 12.4. The van der Waals surface area contributed by atoms with Crippen LogP contribution < -0.4 is 0 Å². The summed E-state index contributed by atoms with van der Waals surface area (Å²) < 4.78 is 7.90. The molecule has 1 aromatic rings. The highest BCUT2D eigenvalue weighted by molar-refractivity contribution is 9.10. The highest BCUT2D eigenvalue weighted by atomic mass is 79.9. The molecule has 0 N–H and O–H groups in total. The van der Waals surface area contributed by atoms with Gasteiger partial charge in [0.2, 0.25) is 0 Å². The molecule has 0 saturated heterocycles. The highest BCUT2D eigenvalue weighted by Crippen LogP contribution is 2.35. The van der Waals surface area contributed by atoms with E-state index in [9.17, 15) is 0 Å². The van der Waals surface area contributed by atoms with Crippen molar-refractivity contribution in [2.75, 3.05) is 0 Å². The Balaban J connectivity index is 2.93. The Labute approximate surface area is 171 Å². The average Bonchev–Trinajstić information content (AvgIpc) is 2.68. The fourth-order valence-electron chi connectivity index (χ4n) is 3.75. The molecule has 0 aliphatic carbocycles. The van der Waals surface area contributed by atoms with Gasteiger partial charge in [0.15, 0.2) is 8.32 Å². The predicted molar refractivity (Wildman–Crippen MR) is 121 cm³/mol. The van der Waals surface area contributed by atoms with Crippen LogP contribution in [0.3, 0.4) is 0 Å². The molecule has 0 spiro atoms. The Morgan fingerprint density at radius 1 is 1.08 bits per heavy atom. The highest BCUT2D eigenvalue weighted by Gasteiger charge is 2.38. The van der Waals surface area contributed by atoms with Crippen LogP contribution in [0.15, 0.2) is 28.9 Å². The zero-order chi connectivity index (χ0) is 19.6. The fourth-order valence-corrected chi connectivity index (χ4v) is 7.34. The Morgan fingerprint density at radius 2 is 1.69 bits per heavy atom. The van der Waals surface area contributed by atoms with Crippen LogP contribution in [0, 0.1) is 0 Å². The van der Waals surface area contributed by atoms with Crippen LogP contribution in [-0.4, -0.2) is 18.9 Å². The van der Waals surface area contributed by atoms with E-state index in [0.29, 0.717) is 0 Å². The largest absolute Gasteiger partial charge is 0.411 e. The third-order valence-corrected chi connectivity index (χ3v) is 11.2. The van der Waals surface area contributed by atoms with Crippen LogP contribution in [-0.2, 0) is 4.43 Å². The zero-order valence-corrected chi connectivity index (χ0v) is 20.3. The Kier molecular flexibility index (Phi) is 10.3. The van der Waals surface area contributed by atoms with Gasteiger partial charge in [0, 0.05) is 0 Å². The minimum absolute atomic E-state index is 0.0360. The van der Waals surface area contributed by atoms with E-state index in [2.05, 4.69) is 80.7 Å². The first kappa shape index (κ1) is 23.6. The van der Waals surface area contributed by atoms with E-state index in [-0.39, 0.29) is 5.60 Å². The van der Waals surface area contributed by atoms with Crippen LogP contribution in [0.1, 0.15) is 79.3 Å². The minimum atomic E-state index is -1.59. The molecule has 0 aliphatic rings. The molecule has 1 heterocycles. The maximum absolute atomic E-state index is 7.00. The van der Waals surface area contributed by atoms with Gasteiger partial charge in [0.05, 0.1) is 11.3 Å². The lowest BCUT2D eigenvalue weighted by Gasteiger charge is -2.42. The minimum Gasteiger partial charge on any atom is -0.411 e. The van der Waals surface area contributed by atoms with E-state index in [0.717, 1.165) is 42.4 Å². The van der Waals surface area contributed by atoms with Gasteiger partial charge < -0.3 is 4.43 Å². The van der Waals surface area contributed by atoms with Gasteiger partial charge in [-0.15, -0.1) is 0 Å². The summed E-state index contributed by atoms with van der Waals surface area (Å²) in [6, 6.07) is 9.81. The second-order valence-electron chi connectivity index (χ2n) is 7.20. The molecule has 0 aliphatic heterocycles. The Hall–Kier alpha value is -0.453. The zero-order valence-electron chi connectivity index (χ0n) is 17.7. The number of rotatable bonds is 12. The third-order valence-electron chi connectivity index (χ3n) is 6.07. The summed E-state index contributed by atoms with van der Waals surface area (Å²) in [7, 11) is -1.59.